The standard InChI is InChI=1S/C15H13BrF2O/c1-2-10-3-5-11(6-4-10)9-19-14-8-12(16)7-13(17)15(14)18/h3-8H,2,9H2,1H3. The van der Waals surface area contributed by atoms with E-state index in [1.54, 1.807) is 0 Å². The van der Waals surface area contributed by atoms with Crippen LogP contribution in [-0.4, -0.2) is 0 Å². The molecule has 0 heterocycles. The van der Waals surface area contributed by atoms with Crippen LogP contribution in [0, 0.1) is 11.6 Å². The topological polar surface area (TPSA) is 9.23 Å². The number of hydrogen-bond donors (Lipinski definition) is 0. The van der Waals surface area contributed by atoms with Gasteiger partial charge in [-0.25, -0.2) is 4.39 Å². The summed E-state index contributed by atoms with van der Waals surface area (Å²) in [6.07, 6.45) is 0.965. The maximum absolute atomic E-state index is 13.5. The van der Waals surface area contributed by atoms with E-state index in [0.29, 0.717) is 4.47 Å². The Hall–Kier alpha value is -1.42. The third-order valence-electron chi connectivity index (χ3n) is 2.79. The van der Waals surface area contributed by atoms with Crippen molar-refractivity contribution in [3.05, 3.63) is 63.6 Å². The van der Waals surface area contributed by atoms with Gasteiger partial charge < -0.3 is 4.74 Å². The van der Waals surface area contributed by atoms with E-state index in [1.807, 2.05) is 24.3 Å². The second kappa shape index (κ2) is 6.15. The lowest BCUT2D eigenvalue weighted by atomic mass is 10.1. The SMILES string of the molecule is CCc1ccc(COc2cc(Br)cc(F)c2F)cc1. The Morgan fingerprint density at radius 2 is 1.68 bits per heavy atom. The molecule has 1 nitrogen and oxygen atoms in total. The average Bonchev–Trinajstić information content (AvgIpc) is 2.41. The van der Waals surface area contributed by atoms with Gasteiger partial charge in [0.25, 0.3) is 0 Å². The lowest BCUT2D eigenvalue weighted by molar-refractivity contribution is 0.284. The first-order chi connectivity index (χ1) is 9.10. The number of ether oxygens (including phenoxy) is 1. The van der Waals surface area contributed by atoms with Gasteiger partial charge in [0.1, 0.15) is 6.61 Å². The predicted octanol–water partition coefficient (Wildman–Crippen LogP) is 4.87. The van der Waals surface area contributed by atoms with Gasteiger partial charge >= 0.3 is 0 Å². The van der Waals surface area contributed by atoms with E-state index in [9.17, 15) is 8.78 Å². The van der Waals surface area contributed by atoms with E-state index in [4.69, 9.17) is 4.74 Å². The van der Waals surface area contributed by atoms with Crippen LogP contribution in [0.25, 0.3) is 0 Å². The van der Waals surface area contributed by atoms with E-state index in [2.05, 4.69) is 22.9 Å². The summed E-state index contributed by atoms with van der Waals surface area (Å²) in [6, 6.07) is 10.3. The van der Waals surface area contributed by atoms with Crippen LogP contribution in [0.5, 0.6) is 5.75 Å². The molecule has 2 rings (SSSR count). The Morgan fingerprint density at radius 1 is 1.05 bits per heavy atom. The van der Waals surface area contributed by atoms with E-state index in [-0.39, 0.29) is 12.4 Å². The highest BCUT2D eigenvalue weighted by Gasteiger charge is 2.11. The summed E-state index contributed by atoms with van der Waals surface area (Å²) in [5, 5.41) is 0. The van der Waals surface area contributed by atoms with E-state index >= 15 is 0 Å². The molecule has 0 saturated heterocycles. The molecule has 0 radical (unpaired) electrons. The number of rotatable bonds is 4. The van der Waals surface area contributed by atoms with Gasteiger partial charge in [0.15, 0.2) is 11.6 Å². The molecule has 19 heavy (non-hydrogen) atoms. The monoisotopic (exact) mass is 326 g/mol. The zero-order chi connectivity index (χ0) is 13.8. The summed E-state index contributed by atoms with van der Waals surface area (Å²) in [6.45, 7) is 2.28. The highest BCUT2D eigenvalue weighted by Crippen LogP contribution is 2.26. The van der Waals surface area contributed by atoms with Gasteiger partial charge in [0, 0.05) is 4.47 Å². The Balaban J connectivity index is 2.09. The Bertz CT molecular complexity index is 567. The maximum Gasteiger partial charge on any atom is 0.200 e. The highest BCUT2D eigenvalue weighted by molar-refractivity contribution is 9.10. The van der Waals surface area contributed by atoms with Crippen LogP contribution in [0.3, 0.4) is 0 Å². The molecular formula is C15H13BrF2O. The zero-order valence-corrected chi connectivity index (χ0v) is 12.0. The van der Waals surface area contributed by atoms with Crippen molar-refractivity contribution in [2.75, 3.05) is 0 Å². The summed E-state index contributed by atoms with van der Waals surface area (Å²) < 4.78 is 32.4. The van der Waals surface area contributed by atoms with Crippen LogP contribution in [0.15, 0.2) is 40.9 Å². The molecule has 0 saturated carbocycles. The maximum atomic E-state index is 13.5. The molecule has 0 amide bonds. The van der Waals surface area contributed by atoms with Crippen molar-refractivity contribution >= 4 is 15.9 Å². The van der Waals surface area contributed by atoms with Crippen molar-refractivity contribution < 1.29 is 13.5 Å². The summed E-state index contributed by atoms with van der Waals surface area (Å²) in [5.41, 5.74) is 2.14. The van der Waals surface area contributed by atoms with Crippen molar-refractivity contribution in [3.63, 3.8) is 0 Å². The number of benzene rings is 2. The molecular weight excluding hydrogens is 314 g/mol. The number of aryl methyl sites for hydroxylation is 1. The molecule has 0 unspecified atom stereocenters. The third-order valence-corrected chi connectivity index (χ3v) is 3.24. The molecule has 2 aromatic rings. The molecule has 100 valence electrons. The van der Waals surface area contributed by atoms with Crippen LogP contribution in [0.1, 0.15) is 18.1 Å². The second-order valence-corrected chi connectivity index (χ2v) is 5.07. The van der Waals surface area contributed by atoms with Crippen molar-refractivity contribution in [3.8, 4) is 5.75 Å². The van der Waals surface area contributed by atoms with Gasteiger partial charge in [-0.2, -0.15) is 4.39 Å². The van der Waals surface area contributed by atoms with Gasteiger partial charge in [-0.1, -0.05) is 47.1 Å². The minimum Gasteiger partial charge on any atom is -0.486 e. The normalized spacial score (nSPS) is 10.5. The molecule has 0 bridgehead atoms. The third kappa shape index (κ3) is 3.53. The molecule has 0 spiro atoms. The number of hydrogen-bond acceptors (Lipinski definition) is 1. The van der Waals surface area contributed by atoms with Gasteiger partial charge in [0.05, 0.1) is 0 Å². The molecule has 0 fully saturated rings. The van der Waals surface area contributed by atoms with Crippen molar-refractivity contribution in [1.82, 2.24) is 0 Å². The Morgan fingerprint density at radius 3 is 2.32 bits per heavy atom. The van der Waals surface area contributed by atoms with Crippen LogP contribution in [-0.2, 0) is 13.0 Å². The van der Waals surface area contributed by atoms with Crippen LogP contribution in [0.2, 0.25) is 0 Å². The quantitative estimate of drug-likeness (QED) is 0.728. The summed E-state index contributed by atoms with van der Waals surface area (Å²) in [4.78, 5) is 0. The Labute approximate surface area is 119 Å². The van der Waals surface area contributed by atoms with E-state index in [0.717, 1.165) is 18.1 Å². The summed E-state index contributed by atoms with van der Waals surface area (Å²) in [7, 11) is 0. The van der Waals surface area contributed by atoms with Crippen molar-refractivity contribution in [1.29, 1.82) is 0 Å². The summed E-state index contributed by atoms with van der Waals surface area (Å²) in [5.74, 6) is -1.98. The first-order valence-corrected chi connectivity index (χ1v) is 6.74. The molecule has 2 aromatic carbocycles. The molecule has 4 heteroatoms. The van der Waals surface area contributed by atoms with Crippen LogP contribution in [0.4, 0.5) is 8.78 Å². The molecule has 0 N–H and O–H groups in total. The minimum absolute atomic E-state index is 0.0913. The molecule has 0 aliphatic carbocycles. The first-order valence-electron chi connectivity index (χ1n) is 5.95. The van der Waals surface area contributed by atoms with Gasteiger partial charge in [-0.05, 0) is 29.7 Å². The molecule has 0 aliphatic rings. The second-order valence-electron chi connectivity index (χ2n) is 4.16. The molecule has 0 aromatic heterocycles. The van der Waals surface area contributed by atoms with Crippen molar-refractivity contribution in [2.45, 2.75) is 20.0 Å². The lowest BCUT2D eigenvalue weighted by Gasteiger charge is -2.09. The fraction of sp³-hybridized carbons (Fsp3) is 0.200. The summed E-state index contributed by atoms with van der Waals surface area (Å²) >= 11 is 3.11. The minimum atomic E-state index is -0.964. The first kappa shape index (κ1) is 14.0. The van der Waals surface area contributed by atoms with Gasteiger partial charge in [0.2, 0.25) is 5.82 Å². The van der Waals surface area contributed by atoms with E-state index < -0.39 is 11.6 Å². The highest BCUT2D eigenvalue weighted by atomic mass is 79.9. The van der Waals surface area contributed by atoms with E-state index in [1.165, 1.54) is 11.6 Å². The fourth-order valence-electron chi connectivity index (χ4n) is 1.67. The Kier molecular flexibility index (Phi) is 4.53. The van der Waals surface area contributed by atoms with Crippen LogP contribution >= 0.6 is 15.9 Å². The molecule has 0 aliphatic heterocycles. The lowest BCUT2D eigenvalue weighted by Crippen LogP contribution is -1.99. The van der Waals surface area contributed by atoms with Gasteiger partial charge in [-0.15, -0.1) is 0 Å². The number of halogens is 3. The van der Waals surface area contributed by atoms with Crippen molar-refractivity contribution in [2.24, 2.45) is 0 Å². The molecule has 0 atom stereocenters. The van der Waals surface area contributed by atoms with Crippen LogP contribution < -0.4 is 4.74 Å². The predicted molar refractivity (Wildman–Crippen MR) is 74.2 cm³/mol. The smallest absolute Gasteiger partial charge is 0.200 e. The fourth-order valence-corrected chi connectivity index (χ4v) is 2.08. The zero-order valence-electron chi connectivity index (χ0n) is 10.4. The largest absolute Gasteiger partial charge is 0.486 e. The average molecular weight is 327 g/mol. The van der Waals surface area contributed by atoms with Gasteiger partial charge in [-0.3, -0.25) is 0 Å².